The molecule has 4 N–H and O–H groups in total. The number of guanidine groups is 1. The minimum atomic E-state index is 0.581. The van der Waals surface area contributed by atoms with Crippen molar-refractivity contribution in [3.63, 3.8) is 0 Å². The van der Waals surface area contributed by atoms with Gasteiger partial charge in [-0.25, -0.2) is 5.84 Å². The maximum atomic E-state index is 5.36. The molecule has 0 spiro atoms. The summed E-state index contributed by atoms with van der Waals surface area (Å²) in [5.74, 6) is 5.94. The Morgan fingerprint density at radius 2 is 2.31 bits per heavy atom. The molecule has 84 valence electrons. The number of fused-ring (bicyclic) bond motifs is 1. The molecule has 1 heterocycles. The fraction of sp³-hybridized carbons (Fsp3) is 0.182. The summed E-state index contributed by atoms with van der Waals surface area (Å²) < 4.78 is 1.28. The van der Waals surface area contributed by atoms with Gasteiger partial charge in [0.2, 0.25) is 5.96 Å². The quantitative estimate of drug-likeness (QED) is 0.323. The zero-order valence-electron chi connectivity index (χ0n) is 9.03. The van der Waals surface area contributed by atoms with E-state index in [0.717, 1.165) is 5.69 Å². The lowest BCUT2D eigenvalue weighted by atomic mass is 10.2. The van der Waals surface area contributed by atoms with Crippen LogP contribution in [0.25, 0.3) is 10.1 Å². The van der Waals surface area contributed by atoms with Crippen molar-refractivity contribution in [2.24, 2.45) is 10.8 Å². The zero-order chi connectivity index (χ0) is 11.4. The molecule has 16 heavy (non-hydrogen) atoms. The van der Waals surface area contributed by atoms with E-state index in [1.807, 2.05) is 13.0 Å². The number of hydrogen-bond acceptors (Lipinski definition) is 3. The Kier molecular flexibility index (Phi) is 3.38. The predicted molar refractivity (Wildman–Crippen MR) is 70.7 cm³/mol. The molecular weight excluding hydrogens is 220 g/mol. The van der Waals surface area contributed by atoms with Crippen molar-refractivity contribution in [1.82, 2.24) is 5.43 Å². The van der Waals surface area contributed by atoms with Crippen LogP contribution >= 0.6 is 11.3 Å². The van der Waals surface area contributed by atoms with Crippen LogP contribution in [0.4, 0.5) is 5.69 Å². The summed E-state index contributed by atoms with van der Waals surface area (Å²) in [6, 6.07) is 8.27. The summed E-state index contributed by atoms with van der Waals surface area (Å²) in [5.41, 5.74) is 3.52. The summed E-state index contributed by atoms with van der Waals surface area (Å²) in [6.45, 7) is 2.65. The lowest BCUT2D eigenvalue weighted by Crippen LogP contribution is -2.36. The number of rotatable bonds is 2. The van der Waals surface area contributed by atoms with Crippen LogP contribution in [0.3, 0.4) is 0 Å². The van der Waals surface area contributed by atoms with Gasteiger partial charge in [0.25, 0.3) is 0 Å². The Labute approximate surface area is 98.2 Å². The maximum Gasteiger partial charge on any atom is 0.210 e. The topological polar surface area (TPSA) is 62.4 Å². The summed E-state index contributed by atoms with van der Waals surface area (Å²) in [5, 5.41) is 6.43. The van der Waals surface area contributed by atoms with Crippen LogP contribution in [0.5, 0.6) is 0 Å². The lowest BCUT2D eigenvalue weighted by Gasteiger charge is -2.08. The van der Waals surface area contributed by atoms with Crippen LogP contribution in [0.15, 0.2) is 34.6 Å². The number of aliphatic imine (C=N–C) groups is 1. The van der Waals surface area contributed by atoms with E-state index in [0.29, 0.717) is 12.5 Å². The van der Waals surface area contributed by atoms with E-state index in [-0.39, 0.29) is 0 Å². The first kappa shape index (κ1) is 10.9. The van der Waals surface area contributed by atoms with E-state index in [9.17, 15) is 0 Å². The predicted octanol–water partition coefficient (Wildman–Crippen LogP) is 2.15. The average Bonchev–Trinajstić information content (AvgIpc) is 2.75. The molecule has 0 fully saturated rings. The first-order valence-electron chi connectivity index (χ1n) is 5.09. The molecular formula is C11H14N4S. The third-order valence-electron chi connectivity index (χ3n) is 2.17. The number of hydrazine groups is 1. The van der Waals surface area contributed by atoms with E-state index in [4.69, 9.17) is 5.84 Å². The van der Waals surface area contributed by atoms with Crippen molar-refractivity contribution in [3.05, 3.63) is 29.6 Å². The highest BCUT2D eigenvalue weighted by molar-refractivity contribution is 7.17. The highest BCUT2D eigenvalue weighted by Gasteiger charge is 1.99. The first-order chi connectivity index (χ1) is 7.83. The molecule has 0 saturated heterocycles. The van der Waals surface area contributed by atoms with Crippen molar-refractivity contribution in [2.75, 3.05) is 11.9 Å². The van der Waals surface area contributed by atoms with E-state index in [1.54, 1.807) is 11.3 Å². The number of hydrogen-bond donors (Lipinski definition) is 3. The van der Waals surface area contributed by atoms with Crippen LogP contribution in [-0.4, -0.2) is 12.5 Å². The molecule has 0 aliphatic rings. The molecule has 2 aromatic rings. The number of nitrogens with zero attached hydrogens (tertiary/aromatic N) is 1. The van der Waals surface area contributed by atoms with E-state index >= 15 is 0 Å². The summed E-state index contributed by atoms with van der Waals surface area (Å²) >= 11 is 1.73. The van der Waals surface area contributed by atoms with Crippen molar-refractivity contribution in [3.8, 4) is 0 Å². The van der Waals surface area contributed by atoms with Gasteiger partial charge in [0.05, 0.1) is 0 Å². The van der Waals surface area contributed by atoms with E-state index in [1.165, 1.54) is 10.1 Å². The summed E-state index contributed by atoms with van der Waals surface area (Å²) in [6.07, 6.45) is 0. The smallest absolute Gasteiger partial charge is 0.210 e. The lowest BCUT2D eigenvalue weighted by molar-refractivity contribution is 0.986. The van der Waals surface area contributed by atoms with Crippen molar-refractivity contribution < 1.29 is 0 Å². The van der Waals surface area contributed by atoms with Crippen LogP contribution in [-0.2, 0) is 0 Å². The third-order valence-corrected chi connectivity index (χ3v) is 3.07. The molecule has 0 unspecified atom stereocenters. The number of thiophene rings is 1. The van der Waals surface area contributed by atoms with Crippen LogP contribution < -0.4 is 16.6 Å². The summed E-state index contributed by atoms with van der Waals surface area (Å²) in [7, 11) is 0. The van der Waals surface area contributed by atoms with Gasteiger partial charge in [0.15, 0.2) is 0 Å². The van der Waals surface area contributed by atoms with Gasteiger partial charge in [0.1, 0.15) is 0 Å². The Hall–Kier alpha value is -1.59. The van der Waals surface area contributed by atoms with Crippen LogP contribution in [0, 0.1) is 0 Å². The molecule has 4 nitrogen and oxygen atoms in total. The molecule has 0 aliphatic carbocycles. The van der Waals surface area contributed by atoms with Crippen molar-refractivity contribution in [2.45, 2.75) is 6.92 Å². The van der Waals surface area contributed by atoms with E-state index in [2.05, 4.69) is 39.3 Å². The van der Waals surface area contributed by atoms with Crippen molar-refractivity contribution in [1.29, 1.82) is 0 Å². The number of nitrogens with two attached hydrogens (primary N) is 1. The Balaban J connectivity index is 2.23. The fourth-order valence-electron chi connectivity index (χ4n) is 1.46. The molecule has 0 aliphatic heterocycles. The second-order valence-electron chi connectivity index (χ2n) is 3.27. The van der Waals surface area contributed by atoms with Gasteiger partial charge in [-0.3, -0.25) is 10.4 Å². The minimum absolute atomic E-state index is 0.581. The summed E-state index contributed by atoms with van der Waals surface area (Å²) in [4.78, 5) is 4.18. The highest BCUT2D eigenvalue weighted by Crippen LogP contribution is 2.23. The highest BCUT2D eigenvalue weighted by atomic mass is 32.1. The molecule has 1 aromatic carbocycles. The monoisotopic (exact) mass is 234 g/mol. The molecule has 0 bridgehead atoms. The van der Waals surface area contributed by atoms with Gasteiger partial charge in [-0.1, -0.05) is 0 Å². The Morgan fingerprint density at radius 1 is 1.44 bits per heavy atom. The van der Waals surface area contributed by atoms with Crippen LogP contribution in [0.1, 0.15) is 6.92 Å². The SMILES string of the molecule is CCN=C(NN)Nc1ccc2sccc2c1. The zero-order valence-corrected chi connectivity index (χ0v) is 9.84. The largest absolute Gasteiger partial charge is 0.325 e. The number of anilines is 1. The Bertz CT molecular complexity index is 503. The molecule has 1 aromatic heterocycles. The van der Waals surface area contributed by atoms with E-state index < -0.39 is 0 Å². The molecule has 2 rings (SSSR count). The van der Waals surface area contributed by atoms with Gasteiger partial charge >= 0.3 is 0 Å². The maximum absolute atomic E-state index is 5.36. The second-order valence-corrected chi connectivity index (χ2v) is 4.21. The van der Waals surface area contributed by atoms with Crippen LogP contribution in [0.2, 0.25) is 0 Å². The Morgan fingerprint density at radius 3 is 3.06 bits per heavy atom. The molecule has 0 atom stereocenters. The first-order valence-corrected chi connectivity index (χ1v) is 5.97. The molecule has 0 amide bonds. The van der Waals surface area contributed by atoms with Gasteiger partial charge in [-0.15, -0.1) is 11.3 Å². The fourth-order valence-corrected chi connectivity index (χ4v) is 2.23. The standard InChI is InChI=1S/C11H14N4S/c1-2-13-11(15-12)14-9-3-4-10-8(7-9)5-6-16-10/h3-7H,2,12H2,1H3,(H2,13,14,15). The van der Waals surface area contributed by atoms with Crippen molar-refractivity contribution >= 4 is 33.1 Å². The van der Waals surface area contributed by atoms with Gasteiger partial charge < -0.3 is 5.32 Å². The number of benzene rings is 1. The van der Waals surface area contributed by atoms with Gasteiger partial charge in [0, 0.05) is 16.9 Å². The minimum Gasteiger partial charge on any atom is -0.325 e. The van der Waals surface area contributed by atoms with Gasteiger partial charge in [-0.05, 0) is 42.0 Å². The molecule has 0 saturated carbocycles. The van der Waals surface area contributed by atoms with Gasteiger partial charge in [-0.2, -0.15) is 0 Å². The average molecular weight is 234 g/mol. The third kappa shape index (κ3) is 2.32. The molecule has 5 heteroatoms. The second kappa shape index (κ2) is 4.96. The molecule has 0 radical (unpaired) electrons. The number of nitrogens with one attached hydrogen (secondary N) is 2. The normalized spacial score (nSPS) is 11.8.